The Morgan fingerprint density at radius 1 is 1.47 bits per heavy atom. The number of nitriles is 1. The van der Waals surface area contributed by atoms with Crippen molar-refractivity contribution >= 4 is 22.8 Å². The molecule has 0 saturated heterocycles. The zero-order valence-corrected chi connectivity index (χ0v) is 10.0. The summed E-state index contributed by atoms with van der Waals surface area (Å²) in [5.74, 6) is 0.520. The van der Waals surface area contributed by atoms with Crippen LogP contribution in [0.15, 0.2) is 23.8 Å². The number of nitrogens with zero attached hydrogens (tertiary/aromatic N) is 3. The summed E-state index contributed by atoms with van der Waals surface area (Å²) in [7, 11) is 0. The molecule has 86 valence electrons. The first kappa shape index (κ1) is 11.4. The summed E-state index contributed by atoms with van der Waals surface area (Å²) in [6.07, 6.45) is 3.31. The lowest BCUT2D eigenvalue weighted by Gasteiger charge is -2.13. The Hall–Kier alpha value is -2.13. The SMILES string of the molecule is CC(Nc1nccc(C#N)c1N)c1nccs1. The van der Waals surface area contributed by atoms with Crippen LogP contribution in [-0.2, 0) is 0 Å². The number of hydrogen-bond donors (Lipinski definition) is 2. The van der Waals surface area contributed by atoms with Gasteiger partial charge in [-0.25, -0.2) is 9.97 Å². The van der Waals surface area contributed by atoms with Crippen molar-refractivity contribution < 1.29 is 0 Å². The van der Waals surface area contributed by atoms with E-state index in [2.05, 4.69) is 15.3 Å². The molecule has 0 bridgehead atoms. The summed E-state index contributed by atoms with van der Waals surface area (Å²) in [5.41, 5.74) is 6.63. The van der Waals surface area contributed by atoms with Gasteiger partial charge in [0.05, 0.1) is 17.3 Å². The molecule has 2 aromatic rings. The molecule has 6 heteroatoms. The van der Waals surface area contributed by atoms with Gasteiger partial charge in [-0.3, -0.25) is 0 Å². The molecule has 1 unspecified atom stereocenters. The Balaban J connectivity index is 2.23. The highest BCUT2D eigenvalue weighted by Gasteiger charge is 2.12. The average molecular weight is 245 g/mol. The van der Waals surface area contributed by atoms with Crippen LogP contribution in [0.3, 0.4) is 0 Å². The van der Waals surface area contributed by atoms with Crippen molar-refractivity contribution in [3.63, 3.8) is 0 Å². The quantitative estimate of drug-likeness (QED) is 0.865. The first-order chi connectivity index (χ1) is 8.22. The lowest BCUT2D eigenvalue weighted by atomic mass is 10.2. The Morgan fingerprint density at radius 3 is 2.94 bits per heavy atom. The molecule has 0 radical (unpaired) electrons. The van der Waals surface area contributed by atoms with Gasteiger partial charge in [0.1, 0.15) is 11.1 Å². The van der Waals surface area contributed by atoms with E-state index in [1.807, 2.05) is 18.4 Å². The molecule has 0 aliphatic heterocycles. The second-order valence-corrected chi connectivity index (χ2v) is 4.40. The Labute approximate surface area is 103 Å². The maximum atomic E-state index is 8.87. The van der Waals surface area contributed by atoms with Crippen molar-refractivity contribution in [2.24, 2.45) is 0 Å². The van der Waals surface area contributed by atoms with Gasteiger partial charge in [0, 0.05) is 17.8 Å². The largest absolute Gasteiger partial charge is 0.395 e. The first-order valence-corrected chi connectivity index (χ1v) is 5.91. The zero-order chi connectivity index (χ0) is 12.3. The molecule has 17 heavy (non-hydrogen) atoms. The number of nitrogen functional groups attached to an aromatic ring is 1. The maximum absolute atomic E-state index is 8.87. The van der Waals surface area contributed by atoms with E-state index in [1.54, 1.807) is 29.8 Å². The van der Waals surface area contributed by atoms with E-state index in [1.165, 1.54) is 0 Å². The molecular weight excluding hydrogens is 234 g/mol. The van der Waals surface area contributed by atoms with E-state index in [4.69, 9.17) is 11.0 Å². The highest BCUT2D eigenvalue weighted by atomic mass is 32.1. The number of rotatable bonds is 3. The molecule has 0 aliphatic carbocycles. The van der Waals surface area contributed by atoms with E-state index >= 15 is 0 Å². The standard InChI is InChI=1S/C11H11N5S/c1-7(11-15-4-5-17-11)16-10-9(13)8(6-12)2-3-14-10/h2-5,7H,13H2,1H3,(H,14,16). The topological polar surface area (TPSA) is 87.6 Å². The fraction of sp³-hybridized carbons (Fsp3) is 0.182. The van der Waals surface area contributed by atoms with Crippen LogP contribution in [0.5, 0.6) is 0 Å². The van der Waals surface area contributed by atoms with Crippen LogP contribution in [0.4, 0.5) is 11.5 Å². The summed E-state index contributed by atoms with van der Waals surface area (Å²) < 4.78 is 0. The van der Waals surface area contributed by atoms with Crippen LogP contribution in [0.2, 0.25) is 0 Å². The lowest BCUT2D eigenvalue weighted by Crippen LogP contribution is -2.10. The number of thiazole rings is 1. The molecule has 2 heterocycles. The molecular formula is C11H11N5S. The van der Waals surface area contributed by atoms with E-state index in [0.717, 1.165) is 5.01 Å². The summed E-state index contributed by atoms with van der Waals surface area (Å²) in [4.78, 5) is 8.33. The summed E-state index contributed by atoms with van der Waals surface area (Å²) in [5, 5.41) is 14.9. The third kappa shape index (κ3) is 2.34. The van der Waals surface area contributed by atoms with Gasteiger partial charge >= 0.3 is 0 Å². The molecule has 1 atom stereocenters. The van der Waals surface area contributed by atoms with Crippen molar-refractivity contribution in [1.82, 2.24) is 9.97 Å². The fourth-order valence-corrected chi connectivity index (χ4v) is 2.05. The second kappa shape index (κ2) is 4.80. The molecule has 2 rings (SSSR count). The van der Waals surface area contributed by atoms with E-state index in [0.29, 0.717) is 17.1 Å². The average Bonchev–Trinajstić information content (AvgIpc) is 2.85. The van der Waals surface area contributed by atoms with Gasteiger partial charge in [-0.1, -0.05) is 0 Å². The molecule has 0 aromatic carbocycles. The third-order valence-electron chi connectivity index (χ3n) is 2.29. The highest BCUT2D eigenvalue weighted by molar-refractivity contribution is 7.09. The van der Waals surface area contributed by atoms with Gasteiger partial charge in [0.15, 0.2) is 5.82 Å². The van der Waals surface area contributed by atoms with Gasteiger partial charge in [-0.2, -0.15) is 5.26 Å². The van der Waals surface area contributed by atoms with Crippen molar-refractivity contribution in [2.75, 3.05) is 11.1 Å². The number of anilines is 2. The normalized spacial score (nSPS) is 11.8. The summed E-state index contributed by atoms with van der Waals surface area (Å²) >= 11 is 1.56. The van der Waals surface area contributed by atoms with Gasteiger partial charge in [0.25, 0.3) is 0 Å². The van der Waals surface area contributed by atoms with Gasteiger partial charge in [0.2, 0.25) is 0 Å². The first-order valence-electron chi connectivity index (χ1n) is 5.03. The van der Waals surface area contributed by atoms with Crippen molar-refractivity contribution in [3.05, 3.63) is 34.4 Å². The van der Waals surface area contributed by atoms with Gasteiger partial charge < -0.3 is 11.1 Å². The van der Waals surface area contributed by atoms with Crippen molar-refractivity contribution in [3.8, 4) is 6.07 Å². The Kier molecular flexibility index (Phi) is 3.21. The number of aromatic nitrogens is 2. The van der Waals surface area contributed by atoms with E-state index < -0.39 is 0 Å². The van der Waals surface area contributed by atoms with Gasteiger partial charge in [-0.05, 0) is 13.0 Å². The summed E-state index contributed by atoms with van der Waals surface area (Å²) in [6.45, 7) is 1.97. The smallest absolute Gasteiger partial charge is 0.151 e. The Bertz CT molecular complexity index is 543. The predicted molar refractivity (Wildman–Crippen MR) is 67.5 cm³/mol. The molecule has 0 amide bonds. The zero-order valence-electron chi connectivity index (χ0n) is 9.21. The maximum Gasteiger partial charge on any atom is 0.151 e. The second-order valence-electron chi connectivity index (χ2n) is 3.47. The van der Waals surface area contributed by atoms with Crippen LogP contribution in [0.25, 0.3) is 0 Å². The van der Waals surface area contributed by atoms with Gasteiger partial charge in [-0.15, -0.1) is 11.3 Å². The molecule has 0 aliphatic rings. The molecule has 3 N–H and O–H groups in total. The predicted octanol–water partition coefficient (Wildman–Crippen LogP) is 2.17. The number of nitrogens with two attached hydrogens (primary N) is 1. The van der Waals surface area contributed by atoms with Crippen LogP contribution in [0, 0.1) is 11.3 Å². The third-order valence-corrected chi connectivity index (χ3v) is 3.24. The highest BCUT2D eigenvalue weighted by Crippen LogP contribution is 2.25. The summed E-state index contributed by atoms with van der Waals surface area (Å²) in [6, 6.07) is 3.63. The van der Waals surface area contributed by atoms with E-state index in [-0.39, 0.29) is 6.04 Å². The minimum absolute atomic E-state index is 0.0127. The monoisotopic (exact) mass is 245 g/mol. The molecule has 5 nitrogen and oxygen atoms in total. The van der Waals surface area contributed by atoms with Crippen LogP contribution in [0.1, 0.15) is 23.5 Å². The lowest BCUT2D eigenvalue weighted by molar-refractivity contribution is 0.861. The van der Waals surface area contributed by atoms with Crippen LogP contribution < -0.4 is 11.1 Å². The molecule has 2 aromatic heterocycles. The molecule has 0 saturated carbocycles. The minimum Gasteiger partial charge on any atom is -0.395 e. The van der Waals surface area contributed by atoms with Crippen molar-refractivity contribution in [1.29, 1.82) is 5.26 Å². The van der Waals surface area contributed by atoms with Crippen LogP contribution >= 0.6 is 11.3 Å². The minimum atomic E-state index is 0.0127. The number of pyridine rings is 1. The molecule has 0 spiro atoms. The van der Waals surface area contributed by atoms with Crippen LogP contribution in [-0.4, -0.2) is 9.97 Å². The number of hydrogen-bond acceptors (Lipinski definition) is 6. The fourth-order valence-electron chi connectivity index (χ4n) is 1.40. The Morgan fingerprint density at radius 2 is 2.29 bits per heavy atom. The van der Waals surface area contributed by atoms with E-state index in [9.17, 15) is 0 Å². The molecule has 0 fully saturated rings. The number of nitrogens with one attached hydrogen (secondary N) is 1. The van der Waals surface area contributed by atoms with Crippen molar-refractivity contribution in [2.45, 2.75) is 13.0 Å².